The minimum absolute atomic E-state index is 0.260. The van der Waals surface area contributed by atoms with Gasteiger partial charge >= 0.3 is 0 Å². The molecule has 0 aliphatic rings. The summed E-state index contributed by atoms with van der Waals surface area (Å²) in [5, 5.41) is 3.12. The maximum absolute atomic E-state index is 4.44. The minimum Gasteiger partial charge on any atom is -0.359 e. The van der Waals surface area contributed by atoms with E-state index < -0.39 is 0 Å². The number of anilines is 1. The van der Waals surface area contributed by atoms with Gasteiger partial charge in [-0.25, -0.2) is 4.98 Å². The first-order chi connectivity index (χ1) is 8.11. The summed E-state index contributed by atoms with van der Waals surface area (Å²) < 4.78 is 3.25. The van der Waals surface area contributed by atoms with Crippen molar-refractivity contribution in [2.24, 2.45) is 0 Å². The molecular formula is C13H16BrN3. The van der Waals surface area contributed by atoms with Gasteiger partial charge in [0.2, 0.25) is 5.95 Å². The Morgan fingerprint density at radius 1 is 1.41 bits per heavy atom. The number of benzene rings is 1. The second-order valence-electron chi connectivity index (χ2n) is 4.09. The Bertz CT molecular complexity index is 519. The molecule has 0 aliphatic carbocycles. The molecule has 0 amide bonds. The summed E-state index contributed by atoms with van der Waals surface area (Å²) in [4.78, 5) is 4.44. The predicted molar refractivity (Wildman–Crippen MR) is 74.5 cm³/mol. The zero-order valence-corrected chi connectivity index (χ0v) is 11.8. The summed E-state index contributed by atoms with van der Waals surface area (Å²) in [7, 11) is 1.89. The van der Waals surface area contributed by atoms with Crippen LogP contribution in [0, 0.1) is 6.92 Å². The molecule has 17 heavy (non-hydrogen) atoms. The number of aryl methyl sites for hydroxylation is 1. The number of imidazole rings is 1. The smallest absolute Gasteiger partial charge is 0.203 e. The standard InChI is InChI=1S/C13H16BrN3/c1-9-8-17(13(15-3)16-9)10(2)11-5-4-6-12(14)7-11/h4-8,10H,1-3H3,(H,15,16). The highest BCUT2D eigenvalue weighted by molar-refractivity contribution is 9.10. The lowest BCUT2D eigenvalue weighted by Crippen LogP contribution is -2.09. The summed E-state index contributed by atoms with van der Waals surface area (Å²) in [6.45, 7) is 4.18. The fraction of sp³-hybridized carbons (Fsp3) is 0.308. The maximum atomic E-state index is 4.44. The lowest BCUT2D eigenvalue weighted by atomic mass is 10.1. The van der Waals surface area contributed by atoms with E-state index in [1.54, 1.807) is 0 Å². The third-order valence-corrected chi connectivity index (χ3v) is 3.32. The molecule has 1 aromatic heterocycles. The van der Waals surface area contributed by atoms with E-state index in [9.17, 15) is 0 Å². The van der Waals surface area contributed by atoms with Gasteiger partial charge in [-0.3, -0.25) is 0 Å². The lowest BCUT2D eigenvalue weighted by molar-refractivity contribution is 0.645. The molecular weight excluding hydrogens is 278 g/mol. The predicted octanol–water partition coefficient (Wildman–Crippen LogP) is 3.61. The third kappa shape index (κ3) is 2.52. The van der Waals surface area contributed by atoms with Gasteiger partial charge in [-0.1, -0.05) is 28.1 Å². The molecule has 2 aromatic rings. The van der Waals surface area contributed by atoms with Gasteiger partial charge in [-0.15, -0.1) is 0 Å². The summed E-state index contributed by atoms with van der Waals surface area (Å²) in [6.07, 6.45) is 2.07. The molecule has 0 aliphatic heterocycles. The average Bonchev–Trinajstić information content (AvgIpc) is 2.69. The molecule has 2 rings (SSSR count). The van der Waals surface area contributed by atoms with Crippen LogP contribution in [0.1, 0.15) is 24.2 Å². The van der Waals surface area contributed by atoms with Crippen molar-refractivity contribution in [2.75, 3.05) is 12.4 Å². The van der Waals surface area contributed by atoms with E-state index in [1.807, 2.05) is 20.0 Å². The summed E-state index contributed by atoms with van der Waals surface area (Å²) in [5.41, 5.74) is 2.28. The van der Waals surface area contributed by atoms with Crippen molar-refractivity contribution in [3.05, 3.63) is 46.2 Å². The maximum Gasteiger partial charge on any atom is 0.203 e. The fourth-order valence-corrected chi connectivity index (χ4v) is 2.34. The highest BCUT2D eigenvalue weighted by Crippen LogP contribution is 2.24. The highest BCUT2D eigenvalue weighted by Gasteiger charge is 2.12. The van der Waals surface area contributed by atoms with Crippen molar-refractivity contribution in [3.8, 4) is 0 Å². The Balaban J connectivity index is 2.39. The van der Waals surface area contributed by atoms with Gasteiger partial charge in [0, 0.05) is 17.7 Å². The first-order valence-corrected chi connectivity index (χ1v) is 6.40. The first kappa shape index (κ1) is 12.2. The van der Waals surface area contributed by atoms with Gasteiger partial charge in [-0.2, -0.15) is 0 Å². The molecule has 0 saturated heterocycles. The second kappa shape index (κ2) is 4.92. The molecule has 0 radical (unpaired) electrons. The van der Waals surface area contributed by atoms with Crippen molar-refractivity contribution in [2.45, 2.75) is 19.9 Å². The van der Waals surface area contributed by atoms with Crippen molar-refractivity contribution < 1.29 is 0 Å². The summed E-state index contributed by atoms with van der Waals surface area (Å²) >= 11 is 3.50. The molecule has 0 saturated carbocycles. The van der Waals surface area contributed by atoms with Crippen LogP contribution in [0.3, 0.4) is 0 Å². The Labute approximate surface area is 110 Å². The van der Waals surface area contributed by atoms with Crippen molar-refractivity contribution in [3.63, 3.8) is 0 Å². The van der Waals surface area contributed by atoms with Crippen molar-refractivity contribution >= 4 is 21.9 Å². The number of hydrogen-bond donors (Lipinski definition) is 1. The summed E-state index contributed by atoms with van der Waals surface area (Å²) in [6, 6.07) is 8.62. The number of aromatic nitrogens is 2. The van der Waals surface area contributed by atoms with E-state index in [-0.39, 0.29) is 6.04 Å². The van der Waals surface area contributed by atoms with E-state index in [1.165, 1.54) is 5.56 Å². The Morgan fingerprint density at radius 2 is 2.18 bits per heavy atom. The molecule has 0 fully saturated rings. The Hall–Kier alpha value is -1.29. The quantitative estimate of drug-likeness (QED) is 0.937. The number of hydrogen-bond acceptors (Lipinski definition) is 2. The minimum atomic E-state index is 0.260. The highest BCUT2D eigenvalue weighted by atomic mass is 79.9. The van der Waals surface area contributed by atoms with Crippen LogP contribution in [0.5, 0.6) is 0 Å². The van der Waals surface area contributed by atoms with Gasteiger partial charge in [-0.05, 0) is 31.5 Å². The van der Waals surface area contributed by atoms with Gasteiger partial charge in [0.1, 0.15) is 0 Å². The van der Waals surface area contributed by atoms with Crippen LogP contribution in [0.15, 0.2) is 34.9 Å². The van der Waals surface area contributed by atoms with E-state index in [0.717, 1.165) is 16.1 Å². The van der Waals surface area contributed by atoms with Crippen molar-refractivity contribution in [1.29, 1.82) is 0 Å². The number of halogens is 1. The van der Waals surface area contributed by atoms with E-state index in [2.05, 4.69) is 62.1 Å². The lowest BCUT2D eigenvalue weighted by Gasteiger charge is -2.16. The van der Waals surface area contributed by atoms with Crippen LogP contribution in [0.25, 0.3) is 0 Å². The zero-order valence-electron chi connectivity index (χ0n) is 10.2. The van der Waals surface area contributed by atoms with Gasteiger partial charge < -0.3 is 9.88 Å². The molecule has 0 spiro atoms. The van der Waals surface area contributed by atoms with Gasteiger partial charge in [0.15, 0.2) is 0 Å². The number of nitrogens with zero attached hydrogens (tertiary/aromatic N) is 2. The first-order valence-electron chi connectivity index (χ1n) is 5.60. The van der Waals surface area contributed by atoms with E-state index >= 15 is 0 Å². The molecule has 1 aromatic carbocycles. The van der Waals surface area contributed by atoms with Crippen LogP contribution >= 0.6 is 15.9 Å². The number of nitrogens with one attached hydrogen (secondary N) is 1. The largest absolute Gasteiger partial charge is 0.359 e. The Kier molecular flexibility index (Phi) is 3.52. The Morgan fingerprint density at radius 3 is 2.82 bits per heavy atom. The molecule has 1 atom stereocenters. The molecule has 0 bridgehead atoms. The van der Waals surface area contributed by atoms with Crippen LogP contribution in [-0.2, 0) is 0 Å². The van der Waals surface area contributed by atoms with Crippen LogP contribution in [0.4, 0.5) is 5.95 Å². The molecule has 1 unspecified atom stereocenters. The molecule has 4 heteroatoms. The zero-order chi connectivity index (χ0) is 12.4. The van der Waals surface area contributed by atoms with Crippen LogP contribution < -0.4 is 5.32 Å². The second-order valence-corrected chi connectivity index (χ2v) is 5.01. The monoisotopic (exact) mass is 293 g/mol. The topological polar surface area (TPSA) is 29.9 Å². The molecule has 1 heterocycles. The normalized spacial score (nSPS) is 12.5. The van der Waals surface area contributed by atoms with Crippen molar-refractivity contribution in [1.82, 2.24) is 9.55 Å². The van der Waals surface area contributed by atoms with Crippen LogP contribution in [0.2, 0.25) is 0 Å². The SMILES string of the molecule is CNc1nc(C)cn1C(C)c1cccc(Br)c1. The summed E-state index contributed by atoms with van der Waals surface area (Å²) in [5.74, 6) is 0.898. The van der Waals surface area contributed by atoms with Gasteiger partial charge in [0.25, 0.3) is 0 Å². The van der Waals surface area contributed by atoms with Gasteiger partial charge in [0.05, 0.1) is 11.7 Å². The van der Waals surface area contributed by atoms with E-state index in [4.69, 9.17) is 0 Å². The average molecular weight is 294 g/mol. The fourth-order valence-electron chi connectivity index (χ4n) is 1.92. The van der Waals surface area contributed by atoms with Crippen LogP contribution in [-0.4, -0.2) is 16.6 Å². The third-order valence-electron chi connectivity index (χ3n) is 2.82. The molecule has 1 N–H and O–H groups in total. The number of rotatable bonds is 3. The molecule has 3 nitrogen and oxygen atoms in total. The van der Waals surface area contributed by atoms with E-state index in [0.29, 0.717) is 0 Å². The molecule has 90 valence electrons.